The van der Waals surface area contributed by atoms with Crippen LogP contribution in [-0.4, -0.2) is 29.5 Å². The molecule has 2 aromatic rings. The molecule has 0 atom stereocenters. The number of nitrogens with two attached hydrogens (primary N) is 1. The maximum absolute atomic E-state index is 10.8. The van der Waals surface area contributed by atoms with Crippen molar-refractivity contribution in [2.75, 3.05) is 13.6 Å². The summed E-state index contributed by atoms with van der Waals surface area (Å²) in [6.45, 7) is 9.11. The zero-order valence-corrected chi connectivity index (χ0v) is 12.9. The van der Waals surface area contributed by atoms with Gasteiger partial charge in [-0.05, 0) is 38.2 Å². The van der Waals surface area contributed by atoms with Gasteiger partial charge in [-0.25, -0.2) is 4.98 Å². The first-order valence-electron chi connectivity index (χ1n) is 6.76. The molecule has 0 aliphatic rings. The number of hydrogen-bond donors (Lipinski definition) is 2. The molecule has 1 aromatic carbocycles. The van der Waals surface area contributed by atoms with Crippen molar-refractivity contribution in [3.05, 3.63) is 35.7 Å². The number of hydrogen-bond acceptors (Lipinski definition) is 4. The van der Waals surface area contributed by atoms with Crippen molar-refractivity contribution >= 4 is 16.9 Å². The van der Waals surface area contributed by atoms with Gasteiger partial charge in [0.15, 0.2) is 0 Å². The van der Waals surface area contributed by atoms with Gasteiger partial charge in [0.1, 0.15) is 5.69 Å². The van der Waals surface area contributed by atoms with Gasteiger partial charge in [0, 0.05) is 0 Å². The summed E-state index contributed by atoms with van der Waals surface area (Å²) in [5, 5.41) is 2.93. The third-order valence-electron chi connectivity index (χ3n) is 2.30. The molecule has 0 fully saturated rings. The van der Waals surface area contributed by atoms with Crippen LogP contribution in [0.5, 0.6) is 0 Å². The smallest absolute Gasteiger partial charge is 0.268 e. The molecule has 5 heteroatoms. The maximum atomic E-state index is 10.8. The van der Waals surface area contributed by atoms with E-state index in [0.29, 0.717) is 5.52 Å². The highest BCUT2D eigenvalue weighted by Gasteiger charge is 2.04. The number of primary amides is 1. The predicted molar refractivity (Wildman–Crippen MR) is 83.7 cm³/mol. The van der Waals surface area contributed by atoms with Crippen LogP contribution in [0.2, 0.25) is 0 Å². The van der Waals surface area contributed by atoms with Crippen molar-refractivity contribution in [2.24, 2.45) is 5.73 Å². The van der Waals surface area contributed by atoms with E-state index in [4.69, 9.17) is 5.73 Å². The van der Waals surface area contributed by atoms with Gasteiger partial charge in [0.2, 0.25) is 0 Å². The van der Waals surface area contributed by atoms with Gasteiger partial charge < -0.3 is 11.1 Å². The van der Waals surface area contributed by atoms with Gasteiger partial charge in [-0.2, -0.15) is 0 Å². The second-order valence-electron chi connectivity index (χ2n) is 3.82. The van der Waals surface area contributed by atoms with Crippen LogP contribution in [0.1, 0.15) is 36.8 Å². The minimum atomic E-state index is -0.556. The lowest BCUT2D eigenvalue weighted by Crippen LogP contribution is -2.13. The summed E-state index contributed by atoms with van der Waals surface area (Å²) in [6, 6.07) is 5.65. The Morgan fingerprint density at radius 1 is 1.30 bits per heavy atom. The Bertz CT molecular complexity index is 538. The fourth-order valence-electron chi connectivity index (χ4n) is 1.24. The quantitative estimate of drug-likeness (QED) is 0.881. The Balaban J connectivity index is 0.000000521. The van der Waals surface area contributed by atoms with Crippen molar-refractivity contribution < 1.29 is 4.79 Å². The number of carbonyl (C=O) groups excluding carboxylic acids is 1. The summed E-state index contributed by atoms with van der Waals surface area (Å²) in [4.78, 5) is 19.0. The molecule has 0 saturated carbocycles. The number of nitrogens with zero attached hydrogens (tertiary/aromatic N) is 2. The first-order valence-corrected chi connectivity index (χ1v) is 6.76. The minimum absolute atomic E-state index is 0.196. The number of nitrogens with one attached hydrogen (secondary N) is 1. The van der Waals surface area contributed by atoms with Crippen LogP contribution in [0.3, 0.4) is 0 Å². The van der Waals surface area contributed by atoms with Gasteiger partial charge in [-0.3, -0.25) is 9.78 Å². The van der Waals surface area contributed by atoms with Gasteiger partial charge in [-0.15, -0.1) is 0 Å². The van der Waals surface area contributed by atoms with Crippen LogP contribution < -0.4 is 11.1 Å². The molecule has 0 bridgehead atoms. The highest BCUT2D eigenvalue weighted by Crippen LogP contribution is 2.11. The van der Waals surface area contributed by atoms with Crippen LogP contribution in [0.15, 0.2) is 24.4 Å². The summed E-state index contributed by atoms with van der Waals surface area (Å²) >= 11 is 0. The third kappa shape index (κ3) is 5.75. The Morgan fingerprint density at radius 3 is 2.40 bits per heavy atom. The van der Waals surface area contributed by atoms with E-state index in [2.05, 4.69) is 22.2 Å². The average Bonchev–Trinajstić information content (AvgIpc) is 2.48. The van der Waals surface area contributed by atoms with E-state index < -0.39 is 5.91 Å². The van der Waals surface area contributed by atoms with E-state index in [1.165, 1.54) is 6.20 Å². The van der Waals surface area contributed by atoms with E-state index in [9.17, 15) is 4.79 Å². The van der Waals surface area contributed by atoms with Crippen LogP contribution in [0.25, 0.3) is 11.0 Å². The number of aromatic nitrogens is 2. The Morgan fingerprint density at radius 2 is 1.90 bits per heavy atom. The summed E-state index contributed by atoms with van der Waals surface area (Å²) in [5.74, 6) is -0.556. The fourth-order valence-corrected chi connectivity index (χ4v) is 1.24. The second-order valence-corrected chi connectivity index (χ2v) is 3.82. The molecule has 2 rings (SSSR count). The molecule has 3 N–H and O–H groups in total. The van der Waals surface area contributed by atoms with E-state index >= 15 is 0 Å². The van der Waals surface area contributed by atoms with Crippen molar-refractivity contribution in [2.45, 2.75) is 27.7 Å². The second kappa shape index (κ2) is 9.86. The molecule has 0 radical (unpaired) electrons. The van der Waals surface area contributed by atoms with E-state index in [-0.39, 0.29) is 5.69 Å². The monoisotopic (exact) mass is 276 g/mol. The first-order chi connectivity index (χ1) is 9.58. The molecule has 20 heavy (non-hydrogen) atoms. The topological polar surface area (TPSA) is 80.9 Å². The average molecular weight is 276 g/mol. The SMILES string of the molecule is CC.CCNC.Cc1ccc2nc(C(N)=O)cnc2c1. The molecule has 110 valence electrons. The summed E-state index contributed by atoms with van der Waals surface area (Å²) < 4.78 is 0. The number of aryl methyl sites for hydroxylation is 1. The number of rotatable bonds is 2. The highest BCUT2D eigenvalue weighted by molar-refractivity contribution is 5.92. The normalized spacial score (nSPS) is 9.05. The molecule has 5 nitrogen and oxygen atoms in total. The minimum Gasteiger partial charge on any atom is -0.364 e. The molecule has 1 aromatic heterocycles. The molecule has 1 heterocycles. The molecule has 0 aliphatic heterocycles. The molecular weight excluding hydrogens is 252 g/mol. The van der Waals surface area contributed by atoms with Crippen LogP contribution in [-0.2, 0) is 0 Å². The molecule has 0 saturated heterocycles. The molecule has 1 amide bonds. The van der Waals surface area contributed by atoms with Crippen LogP contribution >= 0.6 is 0 Å². The lowest BCUT2D eigenvalue weighted by atomic mass is 10.2. The van der Waals surface area contributed by atoms with Gasteiger partial charge in [-0.1, -0.05) is 26.8 Å². The molecule has 0 aliphatic carbocycles. The lowest BCUT2D eigenvalue weighted by Gasteiger charge is -1.99. The fraction of sp³-hybridized carbons (Fsp3) is 0.400. The summed E-state index contributed by atoms with van der Waals surface area (Å²) in [5.41, 5.74) is 7.86. The van der Waals surface area contributed by atoms with Crippen molar-refractivity contribution in [3.63, 3.8) is 0 Å². The molecule has 0 unspecified atom stereocenters. The van der Waals surface area contributed by atoms with E-state index in [1.54, 1.807) is 0 Å². The number of carbonyl (C=O) groups is 1. The summed E-state index contributed by atoms with van der Waals surface area (Å²) in [7, 11) is 1.93. The van der Waals surface area contributed by atoms with Crippen LogP contribution in [0.4, 0.5) is 0 Å². The highest BCUT2D eigenvalue weighted by atomic mass is 16.1. The van der Waals surface area contributed by atoms with E-state index in [1.807, 2.05) is 46.0 Å². The zero-order chi connectivity index (χ0) is 15.5. The van der Waals surface area contributed by atoms with Crippen LogP contribution in [0, 0.1) is 6.92 Å². The molecular formula is C15H24N4O. The van der Waals surface area contributed by atoms with Crippen molar-refractivity contribution in [1.29, 1.82) is 0 Å². The Kier molecular flexibility index (Phi) is 8.87. The van der Waals surface area contributed by atoms with Gasteiger partial charge in [0.25, 0.3) is 5.91 Å². The Labute approximate surface area is 120 Å². The summed E-state index contributed by atoms with van der Waals surface area (Å²) in [6.07, 6.45) is 1.39. The lowest BCUT2D eigenvalue weighted by molar-refractivity contribution is 0.0995. The first kappa shape index (κ1) is 18.0. The predicted octanol–water partition coefficient (Wildman–Crippen LogP) is 2.29. The van der Waals surface area contributed by atoms with E-state index in [0.717, 1.165) is 17.6 Å². The number of benzene rings is 1. The standard InChI is InChI=1S/C10H9N3O.C3H9N.C2H6/c1-6-2-3-7-8(4-6)12-5-9(13-7)10(11)14;1-3-4-2;1-2/h2-5H,1H3,(H2,11,14);4H,3H2,1-2H3;1-2H3. The van der Waals surface area contributed by atoms with Gasteiger partial charge >= 0.3 is 0 Å². The number of amides is 1. The zero-order valence-electron chi connectivity index (χ0n) is 12.9. The maximum Gasteiger partial charge on any atom is 0.268 e. The molecule has 0 spiro atoms. The number of fused-ring (bicyclic) bond motifs is 1. The largest absolute Gasteiger partial charge is 0.364 e. The van der Waals surface area contributed by atoms with Crippen molar-refractivity contribution in [1.82, 2.24) is 15.3 Å². The van der Waals surface area contributed by atoms with Gasteiger partial charge in [0.05, 0.1) is 17.2 Å². The Hall–Kier alpha value is -2.01. The third-order valence-corrected chi connectivity index (χ3v) is 2.30. The van der Waals surface area contributed by atoms with Crippen molar-refractivity contribution in [3.8, 4) is 0 Å².